The molecular weight excluding hydrogens is 342 g/mol. The van der Waals surface area contributed by atoms with Gasteiger partial charge in [-0.2, -0.15) is 13.2 Å². The van der Waals surface area contributed by atoms with Gasteiger partial charge in [-0.15, -0.1) is 0 Å². The minimum Gasteiger partial charge on any atom is -0.398 e. The van der Waals surface area contributed by atoms with E-state index >= 15 is 0 Å². The molecule has 0 radical (unpaired) electrons. The number of fused-ring (bicyclic) bond motifs is 1. The minimum atomic E-state index is -4.87. The van der Waals surface area contributed by atoms with Crippen molar-refractivity contribution in [2.24, 2.45) is 0 Å². The van der Waals surface area contributed by atoms with Gasteiger partial charge >= 0.3 is 6.18 Å². The Hall–Kier alpha value is -3.10. The molecule has 0 atom stereocenters. The first-order chi connectivity index (χ1) is 11.7. The van der Waals surface area contributed by atoms with Gasteiger partial charge in [0.05, 0.1) is 16.8 Å². The Labute approximate surface area is 138 Å². The molecule has 0 bridgehead atoms. The molecule has 9 heteroatoms. The summed E-state index contributed by atoms with van der Waals surface area (Å²) >= 11 is 0. The second-order valence-electron chi connectivity index (χ2n) is 5.35. The van der Waals surface area contributed by atoms with Gasteiger partial charge < -0.3 is 15.6 Å². The Morgan fingerprint density at radius 2 is 1.96 bits per heavy atom. The molecule has 0 aliphatic carbocycles. The highest BCUT2D eigenvalue weighted by Gasteiger charge is 2.34. The zero-order chi connectivity index (χ0) is 18.4. The second kappa shape index (κ2) is 5.76. The molecule has 0 saturated heterocycles. The molecule has 2 aromatic carbocycles. The fraction of sp³-hybridized carbons (Fsp3) is 0.125. The number of nitrogens with zero attached hydrogens (tertiary/aromatic N) is 1. The third kappa shape index (κ3) is 3.12. The van der Waals surface area contributed by atoms with Gasteiger partial charge in [-0.3, -0.25) is 4.79 Å². The van der Waals surface area contributed by atoms with E-state index in [1.54, 1.807) is 6.92 Å². The summed E-state index contributed by atoms with van der Waals surface area (Å²) in [5.41, 5.74) is 5.14. The highest BCUT2D eigenvalue weighted by Crippen LogP contribution is 2.33. The molecule has 3 N–H and O–H groups in total. The predicted molar refractivity (Wildman–Crippen MR) is 82.5 cm³/mol. The number of nitrogen functional groups attached to an aromatic ring is 1. The van der Waals surface area contributed by atoms with Crippen molar-refractivity contribution in [3.05, 3.63) is 53.0 Å². The van der Waals surface area contributed by atoms with Gasteiger partial charge in [0.1, 0.15) is 5.82 Å². The zero-order valence-electron chi connectivity index (χ0n) is 12.7. The fourth-order valence-corrected chi connectivity index (χ4v) is 2.34. The lowest BCUT2D eigenvalue weighted by atomic mass is 10.1. The third-order valence-corrected chi connectivity index (χ3v) is 3.60. The van der Waals surface area contributed by atoms with E-state index in [0.29, 0.717) is 28.8 Å². The van der Waals surface area contributed by atoms with Gasteiger partial charge in [0, 0.05) is 16.8 Å². The number of amides is 1. The van der Waals surface area contributed by atoms with Crippen molar-refractivity contribution in [3.8, 4) is 0 Å². The topological polar surface area (TPSA) is 81.2 Å². The molecule has 1 aromatic heterocycles. The van der Waals surface area contributed by atoms with E-state index in [9.17, 15) is 22.4 Å². The highest BCUT2D eigenvalue weighted by molar-refractivity contribution is 6.10. The van der Waals surface area contributed by atoms with E-state index in [-0.39, 0.29) is 16.9 Å². The zero-order valence-corrected chi connectivity index (χ0v) is 12.7. The molecule has 5 nitrogen and oxygen atoms in total. The SMILES string of the molecule is Cc1noc2cc(C(=O)Nc3ccc(F)c(C(F)(F)F)c3)c(N)cc12. The maximum absolute atomic E-state index is 13.3. The van der Waals surface area contributed by atoms with Crippen molar-refractivity contribution in [1.29, 1.82) is 0 Å². The largest absolute Gasteiger partial charge is 0.419 e. The monoisotopic (exact) mass is 353 g/mol. The Morgan fingerprint density at radius 1 is 1.24 bits per heavy atom. The standard InChI is InChI=1S/C16H11F4N3O2/c1-7-9-5-13(21)10(6-14(9)25-23-7)15(24)22-8-2-3-12(17)11(4-8)16(18,19)20/h2-6H,21H2,1H3,(H,22,24). The van der Waals surface area contributed by atoms with E-state index in [1.165, 1.54) is 12.1 Å². The Kier molecular flexibility index (Phi) is 3.86. The number of carbonyl (C=O) groups is 1. The Bertz CT molecular complexity index is 979. The number of hydrogen-bond acceptors (Lipinski definition) is 4. The van der Waals surface area contributed by atoms with E-state index in [4.69, 9.17) is 10.3 Å². The molecule has 0 unspecified atom stereocenters. The van der Waals surface area contributed by atoms with Crippen LogP contribution < -0.4 is 11.1 Å². The molecule has 25 heavy (non-hydrogen) atoms. The summed E-state index contributed by atoms with van der Waals surface area (Å²) in [6, 6.07) is 5.00. The lowest BCUT2D eigenvalue weighted by Crippen LogP contribution is -2.15. The van der Waals surface area contributed by atoms with Crippen molar-refractivity contribution in [2.75, 3.05) is 11.1 Å². The van der Waals surface area contributed by atoms with Crippen LogP contribution in [0.3, 0.4) is 0 Å². The number of aryl methyl sites for hydroxylation is 1. The number of hydrogen-bond donors (Lipinski definition) is 2. The molecule has 0 spiro atoms. The van der Waals surface area contributed by atoms with Crippen LogP contribution in [0.1, 0.15) is 21.6 Å². The first kappa shape index (κ1) is 16.7. The number of nitrogens with two attached hydrogens (primary N) is 1. The van der Waals surface area contributed by atoms with E-state index in [0.717, 1.165) is 6.07 Å². The van der Waals surface area contributed by atoms with Crippen LogP contribution in [-0.4, -0.2) is 11.1 Å². The summed E-state index contributed by atoms with van der Waals surface area (Å²) in [7, 11) is 0. The molecule has 3 aromatic rings. The molecule has 130 valence electrons. The summed E-state index contributed by atoms with van der Waals surface area (Å²) in [6.07, 6.45) is -4.87. The molecule has 3 rings (SSSR count). The van der Waals surface area contributed by atoms with Gasteiger partial charge in [0.25, 0.3) is 5.91 Å². The van der Waals surface area contributed by atoms with Crippen LogP contribution in [0.4, 0.5) is 28.9 Å². The van der Waals surface area contributed by atoms with Gasteiger partial charge in [-0.25, -0.2) is 4.39 Å². The van der Waals surface area contributed by atoms with Gasteiger partial charge in [0.15, 0.2) is 5.58 Å². The van der Waals surface area contributed by atoms with Crippen LogP contribution >= 0.6 is 0 Å². The van der Waals surface area contributed by atoms with E-state index < -0.39 is 23.5 Å². The number of benzene rings is 2. The van der Waals surface area contributed by atoms with Crippen LogP contribution in [0.5, 0.6) is 0 Å². The number of rotatable bonds is 2. The Balaban J connectivity index is 1.94. The molecular formula is C16H11F4N3O2. The number of halogens is 4. The third-order valence-electron chi connectivity index (χ3n) is 3.60. The van der Waals surface area contributed by atoms with Crippen LogP contribution in [0.2, 0.25) is 0 Å². The Morgan fingerprint density at radius 3 is 2.64 bits per heavy atom. The maximum Gasteiger partial charge on any atom is 0.419 e. The van der Waals surface area contributed by atoms with Crippen molar-refractivity contribution in [2.45, 2.75) is 13.1 Å². The smallest absolute Gasteiger partial charge is 0.398 e. The number of alkyl halides is 3. The van der Waals surface area contributed by atoms with E-state index in [1.807, 2.05) is 0 Å². The van der Waals surface area contributed by atoms with E-state index in [2.05, 4.69) is 10.5 Å². The first-order valence-corrected chi connectivity index (χ1v) is 7.00. The number of aromatic nitrogens is 1. The van der Waals surface area contributed by atoms with Crippen molar-refractivity contribution >= 4 is 28.3 Å². The summed E-state index contributed by atoms with van der Waals surface area (Å²) in [5, 5.41) is 6.62. The minimum absolute atomic E-state index is 0.00142. The summed E-state index contributed by atoms with van der Waals surface area (Å²) < 4.78 is 56.5. The average Bonchev–Trinajstić information content (AvgIpc) is 2.88. The number of nitrogens with one attached hydrogen (secondary N) is 1. The highest BCUT2D eigenvalue weighted by atomic mass is 19.4. The van der Waals surface area contributed by atoms with Crippen LogP contribution in [0, 0.1) is 12.7 Å². The lowest BCUT2D eigenvalue weighted by Gasteiger charge is -2.11. The fourth-order valence-electron chi connectivity index (χ4n) is 2.34. The maximum atomic E-state index is 13.3. The average molecular weight is 353 g/mol. The molecule has 0 saturated carbocycles. The predicted octanol–water partition coefficient (Wildman–Crippen LogP) is 4.13. The van der Waals surface area contributed by atoms with Crippen molar-refractivity contribution < 1.29 is 26.9 Å². The van der Waals surface area contributed by atoms with Gasteiger partial charge in [-0.05, 0) is 37.3 Å². The molecule has 0 fully saturated rings. The van der Waals surface area contributed by atoms with Crippen LogP contribution in [0.15, 0.2) is 34.9 Å². The lowest BCUT2D eigenvalue weighted by molar-refractivity contribution is -0.139. The second-order valence-corrected chi connectivity index (χ2v) is 5.35. The summed E-state index contributed by atoms with van der Waals surface area (Å²) in [6.45, 7) is 1.70. The van der Waals surface area contributed by atoms with Crippen molar-refractivity contribution in [1.82, 2.24) is 5.16 Å². The molecule has 1 heterocycles. The molecule has 0 aliphatic heterocycles. The quantitative estimate of drug-likeness (QED) is 0.536. The van der Waals surface area contributed by atoms with Gasteiger partial charge in [-0.1, -0.05) is 5.16 Å². The van der Waals surface area contributed by atoms with Crippen LogP contribution in [0.25, 0.3) is 11.0 Å². The van der Waals surface area contributed by atoms with Gasteiger partial charge in [0.2, 0.25) is 0 Å². The number of carbonyl (C=O) groups excluding carboxylic acids is 1. The normalized spacial score (nSPS) is 11.7. The summed E-state index contributed by atoms with van der Waals surface area (Å²) in [5.74, 6) is -2.18. The molecule has 0 aliphatic rings. The van der Waals surface area contributed by atoms with Crippen LogP contribution in [-0.2, 0) is 6.18 Å². The molecule has 1 amide bonds. The summed E-state index contributed by atoms with van der Waals surface area (Å²) in [4.78, 5) is 12.3. The first-order valence-electron chi connectivity index (χ1n) is 7.00. The number of anilines is 2. The van der Waals surface area contributed by atoms with Crippen molar-refractivity contribution in [3.63, 3.8) is 0 Å².